The number of hydrogen-bond donors (Lipinski definition) is 1. The summed E-state index contributed by atoms with van der Waals surface area (Å²) in [6.07, 6.45) is 0. The van der Waals surface area contributed by atoms with E-state index in [0.717, 1.165) is 15.6 Å². The minimum absolute atomic E-state index is 0.0307. The van der Waals surface area contributed by atoms with E-state index in [1.807, 2.05) is 0 Å². The Bertz CT molecular complexity index is 725. The third-order valence-electron chi connectivity index (χ3n) is 3.17. The molecule has 1 unspecified atom stereocenters. The van der Waals surface area contributed by atoms with Gasteiger partial charge in [-0.2, -0.15) is 16.1 Å². The monoisotopic (exact) mass is 371 g/mol. The van der Waals surface area contributed by atoms with Crippen LogP contribution in [0.1, 0.15) is 12.6 Å². The highest BCUT2D eigenvalue weighted by Crippen LogP contribution is 2.32. The molecule has 0 aliphatic carbocycles. The summed E-state index contributed by atoms with van der Waals surface area (Å²) in [5.74, 6) is 0.735. The molecule has 11 heteroatoms. The predicted octanol–water partition coefficient (Wildman–Crippen LogP) is 0.532. The number of thioether (sulfide) groups is 1. The van der Waals surface area contributed by atoms with Crippen LogP contribution in [0.25, 0.3) is 0 Å². The van der Waals surface area contributed by atoms with E-state index in [4.69, 9.17) is 5.73 Å². The van der Waals surface area contributed by atoms with Crippen molar-refractivity contribution in [2.75, 3.05) is 29.5 Å². The van der Waals surface area contributed by atoms with Gasteiger partial charge in [-0.25, -0.2) is 21.8 Å². The highest BCUT2D eigenvalue weighted by Gasteiger charge is 2.41. The summed E-state index contributed by atoms with van der Waals surface area (Å²) < 4.78 is 51.0. The quantitative estimate of drug-likeness (QED) is 0.822. The Labute approximate surface area is 132 Å². The van der Waals surface area contributed by atoms with Gasteiger partial charge in [-0.05, 0) is 6.92 Å². The molecule has 2 rings (SSSR count). The summed E-state index contributed by atoms with van der Waals surface area (Å²) in [6, 6.07) is 0. The first-order chi connectivity index (χ1) is 9.70. The summed E-state index contributed by atoms with van der Waals surface area (Å²) >= 11 is 2.32. The average Bonchev–Trinajstić information content (AvgIpc) is 2.78. The van der Waals surface area contributed by atoms with Crippen molar-refractivity contribution < 1.29 is 16.8 Å². The first kappa shape index (κ1) is 17.0. The smallest absolute Gasteiger partial charge is 0.255 e. The van der Waals surface area contributed by atoms with E-state index in [9.17, 15) is 16.8 Å². The van der Waals surface area contributed by atoms with Crippen molar-refractivity contribution in [3.05, 3.63) is 5.69 Å². The standard InChI is InChI=1S/C10H17N3O4S4/c1-3-20(14,15)8-6-18-5-4-13(8)21(16,17)9-7(2)12-10(11)19-9/h8H,3-6H2,1-2H3,(H2,11,12). The molecular formula is C10H17N3O4S4. The lowest BCUT2D eigenvalue weighted by Gasteiger charge is -2.33. The zero-order chi connectivity index (χ0) is 15.8. The Kier molecular flexibility index (Phi) is 4.88. The maximum Gasteiger partial charge on any atom is 0.255 e. The van der Waals surface area contributed by atoms with Crippen molar-refractivity contribution >= 4 is 48.1 Å². The van der Waals surface area contributed by atoms with Crippen LogP contribution in [0.4, 0.5) is 5.13 Å². The van der Waals surface area contributed by atoms with Gasteiger partial charge in [0.1, 0.15) is 5.37 Å². The number of nitrogen functional groups attached to an aromatic ring is 1. The molecule has 0 aromatic carbocycles. The molecule has 0 bridgehead atoms. The Balaban J connectivity index is 2.48. The van der Waals surface area contributed by atoms with Gasteiger partial charge in [-0.3, -0.25) is 0 Å². The number of sulfone groups is 1. The van der Waals surface area contributed by atoms with E-state index < -0.39 is 25.2 Å². The summed E-state index contributed by atoms with van der Waals surface area (Å²) in [7, 11) is -7.39. The van der Waals surface area contributed by atoms with Gasteiger partial charge in [-0.15, -0.1) is 0 Å². The maximum atomic E-state index is 12.8. The fourth-order valence-corrected chi connectivity index (χ4v) is 8.73. The molecule has 2 N–H and O–H groups in total. The molecule has 0 radical (unpaired) electrons. The molecule has 120 valence electrons. The number of nitrogens with two attached hydrogens (primary N) is 1. The van der Waals surface area contributed by atoms with Gasteiger partial charge < -0.3 is 5.73 Å². The SMILES string of the molecule is CCS(=O)(=O)C1CSCCN1S(=O)(=O)c1sc(N)nc1C. The number of hydrogen-bond acceptors (Lipinski definition) is 8. The summed E-state index contributed by atoms with van der Waals surface area (Å²) in [5.41, 5.74) is 5.86. The molecule has 2 heterocycles. The molecule has 7 nitrogen and oxygen atoms in total. The fraction of sp³-hybridized carbons (Fsp3) is 0.700. The van der Waals surface area contributed by atoms with Crippen LogP contribution in [0, 0.1) is 6.92 Å². The van der Waals surface area contributed by atoms with Crippen molar-refractivity contribution in [1.29, 1.82) is 0 Å². The first-order valence-corrected chi connectivity index (χ1v) is 11.4. The maximum absolute atomic E-state index is 12.8. The second-order valence-corrected chi connectivity index (χ2v) is 11.2. The van der Waals surface area contributed by atoms with Crippen LogP contribution >= 0.6 is 23.1 Å². The highest BCUT2D eigenvalue weighted by atomic mass is 32.2. The zero-order valence-electron chi connectivity index (χ0n) is 11.6. The largest absolute Gasteiger partial charge is 0.375 e. The molecule has 0 spiro atoms. The number of rotatable bonds is 4. The summed E-state index contributed by atoms with van der Waals surface area (Å²) in [5, 5.41) is -0.860. The molecule has 1 aromatic heterocycles. The molecular weight excluding hydrogens is 354 g/mol. The van der Waals surface area contributed by atoms with E-state index >= 15 is 0 Å². The summed E-state index contributed by atoms with van der Waals surface area (Å²) in [6.45, 7) is 3.26. The lowest BCUT2D eigenvalue weighted by Crippen LogP contribution is -2.50. The lowest BCUT2D eigenvalue weighted by molar-refractivity contribution is 0.404. The zero-order valence-corrected chi connectivity index (χ0v) is 14.9. The van der Waals surface area contributed by atoms with Gasteiger partial charge in [0.25, 0.3) is 10.0 Å². The van der Waals surface area contributed by atoms with E-state index in [0.29, 0.717) is 11.4 Å². The minimum atomic E-state index is -3.90. The Morgan fingerprint density at radius 3 is 2.57 bits per heavy atom. The molecule has 1 fully saturated rings. The van der Waals surface area contributed by atoms with Crippen LogP contribution in [0.3, 0.4) is 0 Å². The molecule has 1 saturated heterocycles. The molecule has 1 aromatic rings. The van der Waals surface area contributed by atoms with Crippen molar-refractivity contribution in [2.45, 2.75) is 23.4 Å². The van der Waals surface area contributed by atoms with Gasteiger partial charge in [0.15, 0.2) is 19.2 Å². The number of aromatic nitrogens is 1. The molecule has 1 aliphatic heterocycles. The second-order valence-electron chi connectivity index (χ2n) is 4.52. The first-order valence-electron chi connectivity index (χ1n) is 6.24. The Morgan fingerprint density at radius 2 is 2.05 bits per heavy atom. The fourth-order valence-electron chi connectivity index (χ4n) is 2.06. The molecule has 21 heavy (non-hydrogen) atoms. The van der Waals surface area contributed by atoms with Crippen LogP contribution in [0.2, 0.25) is 0 Å². The average molecular weight is 372 g/mol. The van der Waals surface area contributed by atoms with Gasteiger partial charge in [0.2, 0.25) is 0 Å². The van der Waals surface area contributed by atoms with Crippen LogP contribution in [0.15, 0.2) is 4.21 Å². The van der Waals surface area contributed by atoms with Gasteiger partial charge in [0.05, 0.1) is 5.69 Å². The Hall–Kier alpha value is -0.360. The van der Waals surface area contributed by atoms with Crippen molar-refractivity contribution in [2.24, 2.45) is 0 Å². The van der Waals surface area contributed by atoms with Crippen LogP contribution in [-0.4, -0.2) is 55.3 Å². The third-order valence-corrected chi connectivity index (χ3v) is 10.1. The molecule has 1 atom stereocenters. The topological polar surface area (TPSA) is 110 Å². The van der Waals surface area contributed by atoms with E-state index in [1.165, 1.54) is 18.7 Å². The lowest BCUT2D eigenvalue weighted by atomic mass is 10.6. The Morgan fingerprint density at radius 1 is 1.38 bits per heavy atom. The summed E-state index contributed by atoms with van der Waals surface area (Å²) in [4.78, 5) is 3.92. The number of anilines is 1. The number of thiazole rings is 1. The number of nitrogens with zero attached hydrogens (tertiary/aromatic N) is 2. The third kappa shape index (κ3) is 3.21. The van der Waals surface area contributed by atoms with Crippen LogP contribution in [0.5, 0.6) is 0 Å². The van der Waals surface area contributed by atoms with Crippen LogP contribution < -0.4 is 5.73 Å². The van der Waals surface area contributed by atoms with E-state index in [-0.39, 0.29) is 27.4 Å². The van der Waals surface area contributed by atoms with E-state index in [1.54, 1.807) is 6.92 Å². The van der Waals surface area contributed by atoms with Crippen LogP contribution in [-0.2, 0) is 19.9 Å². The number of sulfonamides is 1. The molecule has 0 saturated carbocycles. The minimum Gasteiger partial charge on any atom is -0.375 e. The van der Waals surface area contributed by atoms with Crippen molar-refractivity contribution in [1.82, 2.24) is 9.29 Å². The highest BCUT2D eigenvalue weighted by molar-refractivity contribution is 8.01. The van der Waals surface area contributed by atoms with E-state index in [2.05, 4.69) is 4.98 Å². The van der Waals surface area contributed by atoms with Gasteiger partial charge in [-0.1, -0.05) is 18.3 Å². The number of aryl methyl sites for hydroxylation is 1. The predicted molar refractivity (Wildman–Crippen MR) is 85.7 cm³/mol. The molecule has 1 aliphatic rings. The van der Waals surface area contributed by atoms with Gasteiger partial charge >= 0.3 is 0 Å². The van der Waals surface area contributed by atoms with Crippen molar-refractivity contribution in [3.8, 4) is 0 Å². The van der Waals surface area contributed by atoms with Crippen molar-refractivity contribution in [3.63, 3.8) is 0 Å². The van der Waals surface area contributed by atoms with Gasteiger partial charge in [0, 0.05) is 23.8 Å². The second kappa shape index (κ2) is 6.03. The normalized spacial score (nSPS) is 21.5. The molecule has 0 amide bonds.